The SMILES string of the molecule is CN1CC[C@@H](N)[C@H](C(N)=O)C1. The predicted molar refractivity (Wildman–Crippen MR) is 42.8 cm³/mol. The first-order valence-corrected chi connectivity index (χ1v) is 3.84. The fourth-order valence-electron chi connectivity index (χ4n) is 1.43. The largest absolute Gasteiger partial charge is 0.369 e. The third-order valence-electron chi connectivity index (χ3n) is 2.23. The van der Waals surface area contributed by atoms with Gasteiger partial charge in [0.15, 0.2) is 0 Å². The van der Waals surface area contributed by atoms with E-state index in [1.165, 1.54) is 0 Å². The maximum absolute atomic E-state index is 10.8. The number of carbonyl (C=O) groups is 1. The summed E-state index contributed by atoms with van der Waals surface area (Å²) >= 11 is 0. The van der Waals surface area contributed by atoms with Crippen molar-refractivity contribution in [2.45, 2.75) is 12.5 Å². The molecule has 1 saturated heterocycles. The molecule has 0 aromatic carbocycles. The lowest BCUT2D eigenvalue weighted by Gasteiger charge is -2.32. The van der Waals surface area contributed by atoms with Gasteiger partial charge >= 0.3 is 0 Å². The Morgan fingerprint density at radius 3 is 2.73 bits per heavy atom. The number of primary amides is 1. The molecule has 0 saturated carbocycles. The van der Waals surface area contributed by atoms with Gasteiger partial charge in [-0.05, 0) is 20.0 Å². The lowest BCUT2D eigenvalue weighted by Crippen LogP contribution is -2.50. The van der Waals surface area contributed by atoms with Gasteiger partial charge in [-0.25, -0.2) is 0 Å². The van der Waals surface area contributed by atoms with Gasteiger partial charge in [-0.3, -0.25) is 4.79 Å². The maximum atomic E-state index is 10.8. The van der Waals surface area contributed by atoms with Crippen LogP contribution >= 0.6 is 0 Å². The molecule has 1 fully saturated rings. The first kappa shape index (κ1) is 8.49. The molecule has 1 aliphatic rings. The second-order valence-corrected chi connectivity index (χ2v) is 3.22. The Morgan fingerprint density at radius 1 is 1.64 bits per heavy atom. The van der Waals surface area contributed by atoms with Gasteiger partial charge in [-0.1, -0.05) is 0 Å². The lowest BCUT2D eigenvalue weighted by atomic mass is 9.93. The molecule has 2 atom stereocenters. The van der Waals surface area contributed by atoms with E-state index in [0.29, 0.717) is 6.54 Å². The highest BCUT2D eigenvalue weighted by Crippen LogP contribution is 2.13. The quantitative estimate of drug-likeness (QED) is 0.499. The highest BCUT2D eigenvalue weighted by molar-refractivity contribution is 5.77. The summed E-state index contributed by atoms with van der Waals surface area (Å²) in [4.78, 5) is 12.9. The average Bonchev–Trinajstić information content (AvgIpc) is 1.94. The minimum absolute atomic E-state index is 0.0382. The summed E-state index contributed by atoms with van der Waals surface area (Å²) < 4.78 is 0. The van der Waals surface area contributed by atoms with Gasteiger partial charge in [0.2, 0.25) is 5.91 Å². The molecule has 1 aliphatic heterocycles. The van der Waals surface area contributed by atoms with E-state index in [4.69, 9.17) is 11.5 Å². The van der Waals surface area contributed by atoms with Crippen molar-refractivity contribution in [1.29, 1.82) is 0 Å². The summed E-state index contributed by atoms with van der Waals surface area (Å²) in [6.07, 6.45) is 0.865. The van der Waals surface area contributed by atoms with Crippen LogP contribution in [0.2, 0.25) is 0 Å². The molecule has 0 aromatic heterocycles. The second kappa shape index (κ2) is 3.19. The lowest BCUT2D eigenvalue weighted by molar-refractivity contribution is -0.123. The van der Waals surface area contributed by atoms with Crippen LogP contribution in [0, 0.1) is 5.92 Å². The number of amides is 1. The van der Waals surface area contributed by atoms with Gasteiger partial charge < -0.3 is 16.4 Å². The number of hydrogen-bond acceptors (Lipinski definition) is 3. The molecule has 1 amide bonds. The molecule has 1 rings (SSSR count). The minimum Gasteiger partial charge on any atom is -0.369 e. The van der Waals surface area contributed by atoms with E-state index in [2.05, 4.69) is 4.90 Å². The number of nitrogens with two attached hydrogens (primary N) is 2. The molecular formula is C7H15N3O. The Balaban J connectivity index is 2.54. The number of piperidine rings is 1. The molecule has 0 radical (unpaired) electrons. The highest BCUT2D eigenvalue weighted by atomic mass is 16.1. The van der Waals surface area contributed by atoms with E-state index < -0.39 is 0 Å². The van der Waals surface area contributed by atoms with Gasteiger partial charge in [-0.15, -0.1) is 0 Å². The summed E-state index contributed by atoms with van der Waals surface area (Å²) in [5.41, 5.74) is 10.9. The number of rotatable bonds is 1. The van der Waals surface area contributed by atoms with Crippen molar-refractivity contribution in [2.75, 3.05) is 20.1 Å². The molecule has 64 valence electrons. The van der Waals surface area contributed by atoms with Crippen LogP contribution in [0.15, 0.2) is 0 Å². The molecule has 0 aliphatic carbocycles. The Labute approximate surface area is 66.5 Å². The van der Waals surface area contributed by atoms with E-state index in [0.717, 1.165) is 13.0 Å². The number of likely N-dealkylation sites (tertiary alicyclic amines) is 1. The van der Waals surface area contributed by atoms with Crippen molar-refractivity contribution < 1.29 is 4.79 Å². The fraction of sp³-hybridized carbons (Fsp3) is 0.857. The maximum Gasteiger partial charge on any atom is 0.223 e. The van der Waals surface area contributed by atoms with Crippen molar-refractivity contribution in [3.8, 4) is 0 Å². The third-order valence-corrected chi connectivity index (χ3v) is 2.23. The van der Waals surface area contributed by atoms with Gasteiger partial charge in [0.25, 0.3) is 0 Å². The van der Waals surface area contributed by atoms with Gasteiger partial charge in [-0.2, -0.15) is 0 Å². The Bertz CT molecular complexity index is 160. The molecule has 11 heavy (non-hydrogen) atoms. The molecule has 0 spiro atoms. The van der Waals surface area contributed by atoms with Gasteiger partial charge in [0.1, 0.15) is 0 Å². The zero-order chi connectivity index (χ0) is 8.43. The Hall–Kier alpha value is -0.610. The van der Waals surface area contributed by atoms with E-state index in [1.54, 1.807) is 0 Å². The molecule has 1 heterocycles. The molecule has 4 nitrogen and oxygen atoms in total. The van der Waals surface area contributed by atoms with E-state index in [-0.39, 0.29) is 17.9 Å². The smallest absolute Gasteiger partial charge is 0.223 e. The van der Waals surface area contributed by atoms with Crippen LogP contribution in [0.4, 0.5) is 0 Å². The van der Waals surface area contributed by atoms with Crippen LogP contribution in [0.5, 0.6) is 0 Å². The van der Waals surface area contributed by atoms with Crippen molar-refractivity contribution in [1.82, 2.24) is 4.90 Å². The van der Waals surface area contributed by atoms with Crippen molar-refractivity contribution >= 4 is 5.91 Å². The monoisotopic (exact) mass is 157 g/mol. The Kier molecular flexibility index (Phi) is 2.46. The zero-order valence-corrected chi connectivity index (χ0v) is 6.79. The summed E-state index contributed by atoms with van der Waals surface area (Å²) in [6.45, 7) is 1.67. The van der Waals surface area contributed by atoms with E-state index in [1.807, 2.05) is 7.05 Å². The van der Waals surface area contributed by atoms with Crippen molar-refractivity contribution in [2.24, 2.45) is 17.4 Å². The first-order valence-electron chi connectivity index (χ1n) is 3.84. The van der Waals surface area contributed by atoms with E-state index in [9.17, 15) is 4.79 Å². The van der Waals surface area contributed by atoms with Crippen LogP contribution in [-0.2, 0) is 4.79 Å². The highest BCUT2D eigenvalue weighted by Gasteiger charge is 2.28. The Morgan fingerprint density at radius 2 is 2.27 bits per heavy atom. The summed E-state index contributed by atoms with van der Waals surface area (Å²) in [6, 6.07) is -0.0382. The van der Waals surface area contributed by atoms with Crippen molar-refractivity contribution in [3.05, 3.63) is 0 Å². The number of hydrogen-bond donors (Lipinski definition) is 2. The summed E-state index contributed by atoms with van der Waals surface area (Å²) in [5.74, 6) is -0.433. The summed E-state index contributed by atoms with van der Waals surface area (Å²) in [7, 11) is 1.97. The zero-order valence-electron chi connectivity index (χ0n) is 6.79. The third kappa shape index (κ3) is 1.91. The average molecular weight is 157 g/mol. The van der Waals surface area contributed by atoms with Crippen LogP contribution in [0.3, 0.4) is 0 Å². The summed E-state index contributed by atoms with van der Waals surface area (Å²) in [5, 5.41) is 0. The molecule has 0 unspecified atom stereocenters. The standard InChI is InChI=1S/C7H15N3O/c1-10-3-2-6(8)5(4-10)7(9)11/h5-6H,2-4,8H2,1H3,(H2,9,11)/t5-,6-/m1/s1. The topological polar surface area (TPSA) is 72.3 Å². The second-order valence-electron chi connectivity index (χ2n) is 3.22. The normalized spacial score (nSPS) is 33.6. The van der Waals surface area contributed by atoms with Crippen LogP contribution < -0.4 is 11.5 Å². The van der Waals surface area contributed by atoms with Crippen LogP contribution in [0.25, 0.3) is 0 Å². The molecule has 4 heteroatoms. The van der Waals surface area contributed by atoms with Gasteiger partial charge in [0, 0.05) is 12.6 Å². The molecule has 0 aromatic rings. The molecule has 0 bridgehead atoms. The number of carbonyl (C=O) groups excluding carboxylic acids is 1. The fourth-order valence-corrected chi connectivity index (χ4v) is 1.43. The van der Waals surface area contributed by atoms with Crippen LogP contribution in [-0.4, -0.2) is 37.0 Å². The number of nitrogens with zero attached hydrogens (tertiary/aromatic N) is 1. The molecular weight excluding hydrogens is 142 g/mol. The minimum atomic E-state index is -0.274. The molecule has 4 N–H and O–H groups in total. The van der Waals surface area contributed by atoms with Gasteiger partial charge in [0.05, 0.1) is 5.92 Å². The van der Waals surface area contributed by atoms with Crippen LogP contribution in [0.1, 0.15) is 6.42 Å². The van der Waals surface area contributed by atoms with E-state index >= 15 is 0 Å². The predicted octanol–water partition coefficient (Wildman–Crippen LogP) is -1.25. The first-order chi connectivity index (χ1) is 5.11. The van der Waals surface area contributed by atoms with Crippen molar-refractivity contribution in [3.63, 3.8) is 0 Å².